The number of hydrogen-bond donors (Lipinski definition) is 1. The first-order valence-corrected chi connectivity index (χ1v) is 7.44. The number of benzene rings is 1. The monoisotopic (exact) mass is 365 g/mol. The highest BCUT2D eigenvalue weighted by molar-refractivity contribution is 9.10. The molecule has 19 heavy (non-hydrogen) atoms. The first-order chi connectivity index (χ1) is 9.10. The Bertz CT molecular complexity index is 581. The lowest BCUT2D eigenvalue weighted by atomic mass is 10.3. The van der Waals surface area contributed by atoms with Crippen LogP contribution >= 0.6 is 38.9 Å². The van der Waals surface area contributed by atoms with Crippen LogP contribution in [0.4, 0.5) is 4.39 Å². The quantitative estimate of drug-likeness (QED) is 0.813. The van der Waals surface area contributed by atoms with Crippen molar-refractivity contribution in [3.05, 3.63) is 32.5 Å². The fourth-order valence-electron chi connectivity index (χ4n) is 1.26. The van der Waals surface area contributed by atoms with E-state index in [0.717, 1.165) is 11.6 Å². The molecule has 8 heteroatoms. The summed E-state index contributed by atoms with van der Waals surface area (Å²) in [5.74, 6) is -0.231. The molecule has 0 amide bonds. The van der Waals surface area contributed by atoms with Gasteiger partial charge in [-0.05, 0) is 28.5 Å². The normalized spacial score (nSPS) is 10.7. The Morgan fingerprint density at radius 3 is 3.00 bits per heavy atom. The molecule has 4 nitrogen and oxygen atoms in total. The minimum absolute atomic E-state index is 0.0318. The largest absolute Gasteiger partial charge is 0.428 e. The van der Waals surface area contributed by atoms with Crippen molar-refractivity contribution in [1.82, 2.24) is 15.5 Å². The van der Waals surface area contributed by atoms with E-state index in [0.29, 0.717) is 22.0 Å². The van der Waals surface area contributed by atoms with Crippen LogP contribution in [-0.4, -0.2) is 16.7 Å². The van der Waals surface area contributed by atoms with Crippen molar-refractivity contribution >= 4 is 38.9 Å². The summed E-state index contributed by atoms with van der Waals surface area (Å²) in [4.78, 5) is 0. The highest BCUT2D eigenvalue weighted by Crippen LogP contribution is 2.34. The molecule has 0 aliphatic heterocycles. The molecular formula is C11H10BrClFN3OS. The van der Waals surface area contributed by atoms with Crippen LogP contribution in [0.5, 0.6) is 10.9 Å². The average molecular weight is 367 g/mol. The zero-order valence-electron chi connectivity index (χ0n) is 9.91. The van der Waals surface area contributed by atoms with Crippen molar-refractivity contribution in [3.63, 3.8) is 0 Å². The molecule has 1 aromatic carbocycles. The second-order valence-corrected chi connectivity index (χ2v) is 5.83. The predicted octanol–water partition coefficient (Wildman–Crippen LogP) is 3.99. The van der Waals surface area contributed by atoms with E-state index < -0.39 is 5.82 Å². The molecule has 0 atom stereocenters. The van der Waals surface area contributed by atoms with Crippen LogP contribution in [0.1, 0.15) is 11.9 Å². The number of aromatic nitrogens is 2. The summed E-state index contributed by atoms with van der Waals surface area (Å²) in [6, 6.07) is 2.64. The van der Waals surface area contributed by atoms with Gasteiger partial charge in [-0.25, -0.2) is 4.39 Å². The number of halogens is 3. The van der Waals surface area contributed by atoms with Crippen molar-refractivity contribution in [1.29, 1.82) is 0 Å². The fourth-order valence-corrected chi connectivity index (χ4v) is 2.65. The molecule has 0 bridgehead atoms. The Morgan fingerprint density at radius 1 is 1.47 bits per heavy atom. The lowest BCUT2D eigenvalue weighted by Crippen LogP contribution is -2.11. The zero-order valence-corrected chi connectivity index (χ0v) is 13.1. The maximum absolute atomic E-state index is 13.4. The third-order valence-corrected chi connectivity index (χ3v) is 3.86. The molecule has 2 rings (SSSR count). The van der Waals surface area contributed by atoms with Crippen LogP contribution in [0.2, 0.25) is 5.02 Å². The van der Waals surface area contributed by atoms with Gasteiger partial charge in [-0.3, -0.25) is 0 Å². The standard InChI is InChI=1S/C11H10BrClFN3OS/c1-2-15-5-10-16-17-11(19-10)18-9-4-8(14)7(13)3-6(9)12/h3-4,15H,2,5H2,1H3. The molecule has 2 aromatic rings. The fraction of sp³-hybridized carbons (Fsp3) is 0.273. The third-order valence-electron chi connectivity index (χ3n) is 2.15. The van der Waals surface area contributed by atoms with Crippen LogP contribution in [0.3, 0.4) is 0 Å². The first-order valence-electron chi connectivity index (χ1n) is 5.45. The van der Waals surface area contributed by atoms with Crippen molar-refractivity contribution in [2.45, 2.75) is 13.5 Å². The Morgan fingerprint density at radius 2 is 2.26 bits per heavy atom. The van der Waals surface area contributed by atoms with Gasteiger partial charge in [0.2, 0.25) is 0 Å². The van der Waals surface area contributed by atoms with Gasteiger partial charge in [0.15, 0.2) is 0 Å². The highest BCUT2D eigenvalue weighted by atomic mass is 79.9. The van der Waals surface area contributed by atoms with Gasteiger partial charge in [0.25, 0.3) is 5.19 Å². The molecule has 102 valence electrons. The van der Waals surface area contributed by atoms with E-state index in [1.165, 1.54) is 23.5 Å². The van der Waals surface area contributed by atoms with Crippen molar-refractivity contribution in [2.75, 3.05) is 6.54 Å². The van der Waals surface area contributed by atoms with E-state index in [4.69, 9.17) is 16.3 Å². The second-order valence-electron chi connectivity index (χ2n) is 3.54. The number of nitrogens with zero attached hydrogens (tertiary/aromatic N) is 2. The molecule has 0 radical (unpaired) electrons. The van der Waals surface area contributed by atoms with Gasteiger partial charge < -0.3 is 10.1 Å². The average Bonchev–Trinajstić information content (AvgIpc) is 2.81. The summed E-state index contributed by atoms with van der Waals surface area (Å²) >= 11 is 10.2. The minimum Gasteiger partial charge on any atom is -0.428 e. The number of ether oxygens (including phenoxy) is 1. The summed E-state index contributed by atoms with van der Waals surface area (Å²) in [5, 5.41) is 12.2. The molecular weight excluding hydrogens is 357 g/mol. The van der Waals surface area contributed by atoms with Crippen molar-refractivity contribution in [2.24, 2.45) is 0 Å². The van der Waals surface area contributed by atoms with Gasteiger partial charge in [0, 0.05) is 12.6 Å². The molecule has 0 saturated heterocycles. The smallest absolute Gasteiger partial charge is 0.299 e. The van der Waals surface area contributed by atoms with E-state index in [1.54, 1.807) is 0 Å². The number of nitrogens with one attached hydrogen (secondary N) is 1. The van der Waals surface area contributed by atoms with Crippen LogP contribution in [0, 0.1) is 5.82 Å². The van der Waals surface area contributed by atoms with E-state index in [2.05, 4.69) is 31.4 Å². The van der Waals surface area contributed by atoms with Crippen molar-refractivity contribution < 1.29 is 9.13 Å². The molecule has 0 fully saturated rings. The molecule has 0 aliphatic carbocycles. The molecule has 0 aliphatic rings. The molecule has 0 saturated carbocycles. The Labute approximate surface area is 127 Å². The van der Waals surface area contributed by atoms with Crippen LogP contribution in [-0.2, 0) is 6.54 Å². The predicted molar refractivity (Wildman–Crippen MR) is 76.5 cm³/mol. The van der Waals surface area contributed by atoms with Crippen LogP contribution < -0.4 is 10.1 Å². The Hall–Kier alpha value is -0.760. The summed E-state index contributed by atoms with van der Waals surface area (Å²) < 4.78 is 19.4. The topological polar surface area (TPSA) is 47.0 Å². The molecule has 1 heterocycles. The number of hydrogen-bond acceptors (Lipinski definition) is 5. The van der Waals surface area contributed by atoms with E-state index >= 15 is 0 Å². The lowest BCUT2D eigenvalue weighted by molar-refractivity contribution is 0.465. The third kappa shape index (κ3) is 3.85. The van der Waals surface area contributed by atoms with Crippen molar-refractivity contribution in [3.8, 4) is 10.9 Å². The van der Waals surface area contributed by atoms with Crippen LogP contribution in [0.25, 0.3) is 0 Å². The summed E-state index contributed by atoms with van der Waals surface area (Å²) in [6.45, 7) is 3.49. The molecule has 1 aromatic heterocycles. The molecule has 1 N–H and O–H groups in total. The van der Waals surface area contributed by atoms with Gasteiger partial charge in [-0.2, -0.15) is 0 Å². The molecule has 0 unspecified atom stereocenters. The van der Waals surface area contributed by atoms with Gasteiger partial charge >= 0.3 is 0 Å². The second kappa shape index (κ2) is 6.60. The van der Waals surface area contributed by atoms with E-state index in [1.807, 2.05) is 6.92 Å². The van der Waals surface area contributed by atoms with Gasteiger partial charge in [-0.15, -0.1) is 5.10 Å². The highest BCUT2D eigenvalue weighted by Gasteiger charge is 2.11. The number of rotatable bonds is 5. The Balaban J connectivity index is 2.12. The maximum Gasteiger partial charge on any atom is 0.299 e. The maximum atomic E-state index is 13.4. The lowest BCUT2D eigenvalue weighted by Gasteiger charge is -2.04. The Kier molecular flexibility index (Phi) is 5.09. The summed E-state index contributed by atoms with van der Waals surface area (Å²) in [6.07, 6.45) is 0. The summed E-state index contributed by atoms with van der Waals surface area (Å²) in [7, 11) is 0. The minimum atomic E-state index is -0.544. The SMILES string of the molecule is CCNCc1nnc(Oc2cc(F)c(Cl)cc2Br)s1. The van der Waals surface area contributed by atoms with Crippen LogP contribution in [0.15, 0.2) is 16.6 Å². The van der Waals surface area contributed by atoms with Gasteiger partial charge in [0.1, 0.15) is 16.6 Å². The van der Waals surface area contributed by atoms with Gasteiger partial charge in [-0.1, -0.05) is 35.0 Å². The van der Waals surface area contributed by atoms with Gasteiger partial charge in [0.05, 0.1) is 9.50 Å². The first kappa shape index (κ1) is 14.6. The van der Waals surface area contributed by atoms with E-state index in [-0.39, 0.29) is 5.02 Å². The molecule has 0 spiro atoms. The zero-order chi connectivity index (χ0) is 13.8. The van der Waals surface area contributed by atoms with E-state index in [9.17, 15) is 4.39 Å². The summed E-state index contributed by atoms with van der Waals surface area (Å²) in [5.41, 5.74) is 0.